The van der Waals surface area contributed by atoms with E-state index < -0.39 is 6.61 Å². The van der Waals surface area contributed by atoms with Crippen LogP contribution in [0, 0.1) is 5.82 Å². The molecule has 0 aliphatic rings. The highest BCUT2D eigenvalue weighted by atomic mass is 79.9. The first-order chi connectivity index (χ1) is 9.95. The van der Waals surface area contributed by atoms with Crippen LogP contribution in [-0.2, 0) is 6.54 Å². The van der Waals surface area contributed by atoms with Gasteiger partial charge in [0.15, 0.2) is 0 Å². The zero-order valence-electron chi connectivity index (χ0n) is 10.5. The highest BCUT2D eigenvalue weighted by molar-refractivity contribution is 9.10. The molecule has 0 bridgehead atoms. The molecule has 112 valence electrons. The van der Waals surface area contributed by atoms with Crippen molar-refractivity contribution in [3.8, 4) is 5.75 Å². The Bertz CT molecular complexity index is 640. The van der Waals surface area contributed by atoms with E-state index in [1.54, 1.807) is 12.1 Å². The first-order valence-corrected chi connectivity index (χ1v) is 7.05. The van der Waals surface area contributed by atoms with Gasteiger partial charge in [-0.15, -0.1) is 0 Å². The number of ether oxygens (including phenoxy) is 1. The summed E-state index contributed by atoms with van der Waals surface area (Å²) in [5.74, 6) is -0.444. The maximum atomic E-state index is 13.6. The topological polar surface area (TPSA) is 21.3 Å². The van der Waals surface area contributed by atoms with E-state index in [0.717, 1.165) is 4.47 Å². The first-order valence-electron chi connectivity index (χ1n) is 5.88. The van der Waals surface area contributed by atoms with Crippen LogP contribution in [-0.4, -0.2) is 6.61 Å². The molecule has 0 aliphatic carbocycles. The maximum Gasteiger partial charge on any atom is 0.387 e. The van der Waals surface area contributed by atoms with E-state index in [9.17, 15) is 13.2 Å². The second-order valence-corrected chi connectivity index (χ2v) is 5.44. The number of benzene rings is 2. The van der Waals surface area contributed by atoms with Gasteiger partial charge in [0.1, 0.15) is 11.6 Å². The zero-order valence-corrected chi connectivity index (χ0v) is 12.9. The molecule has 0 atom stereocenters. The Kier molecular flexibility index (Phi) is 5.36. The summed E-state index contributed by atoms with van der Waals surface area (Å²) >= 11 is 9.10. The smallest absolute Gasteiger partial charge is 0.387 e. The van der Waals surface area contributed by atoms with Crippen LogP contribution in [0.25, 0.3) is 0 Å². The van der Waals surface area contributed by atoms with E-state index in [1.807, 2.05) is 0 Å². The van der Waals surface area contributed by atoms with Crippen LogP contribution in [0.3, 0.4) is 0 Å². The third-order valence-corrected chi connectivity index (χ3v) is 3.43. The summed E-state index contributed by atoms with van der Waals surface area (Å²) in [6.45, 7) is -2.70. The molecule has 0 spiro atoms. The molecule has 0 radical (unpaired) electrons. The molecule has 2 aromatic rings. The van der Waals surface area contributed by atoms with Gasteiger partial charge < -0.3 is 10.1 Å². The molecule has 0 saturated carbocycles. The minimum Gasteiger partial charge on any atom is -0.433 e. The second kappa shape index (κ2) is 7.04. The van der Waals surface area contributed by atoms with Gasteiger partial charge >= 0.3 is 6.61 Å². The lowest BCUT2D eigenvalue weighted by atomic mass is 10.2. The largest absolute Gasteiger partial charge is 0.433 e. The molecule has 0 fully saturated rings. The number of nitrogens with one attached hydrogen (secondary N) is 1. The van der Waals surface area contributed by atoms with Crippen molar-refractivity contribution in [1.29, 1.82) is 0 Å². The maximum absolute atomic E-state index is 13.6. The van der Waals surface area contributed by atoms with Crippen molar-refractivity contribution >= 4 is 33.2 Å². The average molecular weight is 381 g/mol. The molecule has 0 saturated heterocycles. The van der Waals surface area contributed by atoms with Crippen LogP contribution in [0.4, 0.5) is 18.9 Å². The lowest BCUT2D eigenvalue weighted by Crippen LogP contribution is -2.04. The number of hydrogen-bond acceptors (Lipinski definition) is 2. The van der Waals surface area contributed by atoms with Gasteiger partial charge in [0, 0.05) is 22.3 Å². The van der Waals surface area contributed by atoms with Crippen molar-refractivity contribution in [3.63, 3.8) is 0 Å². The van der Waals surface area contributed by atoms with E-state index in [-0.39, 0.29) is 23.1 Å². The van der Waals surface area contributed by atoms with Crippen molar-refractivity contribution in [2.75, 3.05) is 5.32 Å². The Morgan fingerprint density at radius 3 is 2.62 bits per heavy atom. The molecule has 2 rings (SSSR count). The predicted molar refractivity (Wildman–Crippen MR) is 79.5 cm³/mol. The van der Waals surface area contributed by atoms with E-state index in [2.05, 4.69) is 26.0 Å². The number of rotatable bonds is 5. The van der Waals surface area contributed by atoms with Gasteiger partial charge in [0.05, 0.1) is 5.02 Å². The van der Waals surface area contributed by atoms with Crippen molar-refractivity contribution in [1.82, 2.24) is 0 Å². The standard InChI is InChI=1S/C14H10BrClF3NO/c15-9-1-3-12(17)8(5-9)7-20-10-2-4-13(11(16)6-10)21-14(18)19/h1-6,14,20H,7H2. The van der Waals surface area contributed by atoms with Gasteiger partial charge in [-0.1, -0.05) is 27.5 Å². The first kappa shape index (κ1) is 16.0. The average Bonchev–Trinajstić information content (AvgIpc) is 2.42. The van der Waals surface area contributed by atoms with Crippen LogP contribution in [0.1, 0.15) is 5.56 Å². The quantitative estimate of drug-likeness (QED) is 0.744. The number of hydrogen-bond donors (Lipinski definition) is 1. The summed E-state index contributed by atoms with van der Waals surface area (Å²) in [6, 6.07) is 8.90. The minimum atomic E-state index is -2.93. The van der Waals surface area contributed by atoms with Gasteiger partial charge in [0.2, 0.25) is 0 Å². The Morgan fingerprint density at radius 1 is 1.19 bits per heavy atom. The van der Waals surface area contributed by atoms with Crippen LogP contribution in [0.2, 0.25) is 5.02 Å². The Labute approximate surface area is 133 Å². The van der Waals surface area contributed by atoms with E-state index in [4.69, 9.17) is 11.6 Å². The van der Waals surface area contributed by atoms with E-state index in [0.29, 0.717) is 11.3 Å². The number of halogens is 5. The lowest BCUT2D eigenvalue weighted by Gasteiger charge is -2.11. The fraction of sp³-hybridized carbons (Fsp3) is 0.143. The molecule has 2 aromatic carbocycles. The van der Waals surface area contributed by atoms with Crippen LogP contribution >= 0.6 is 27.5 Å². The summed E-state index contributed by atoms with van der Waals surface area (Å²) in [4.78, 5) is 0. The molecule has 0 aliphatic heterocycles. The molecule has 0 amide bonds. The van der Waals surface area contributed by atoms with Crippen molar-refractivity contribution in [3.05, 3.63) is 57.3 Å². The number of anilines is 1. The molecular weight excluding hydrogens is 371 g/mol. The monoisotopic (exact) mass is 379 g/mol. The fourth-order valence-corrected chi connectivity index (χ4v) is 2.31. The van der Waals surface area contributed by atoms with E-state index >= 15 is 0 Å². The fourth-order valence-electron chi connectivity index (χ4n) is 1.68. The molecule has 0 unspecified atom stereocenters. The normalized spacial score (nSPS) is 10.8. The Hall–Kier alpha value is -1.40. The summed E-state index contributed by atoms with van der Waals surface area (Å²) in [6.07, 6.45) is 0. The van der Waals surface area contributed by atoms with Crippen LogP contribution < -0.4 is 10.1 Å². The Morgan fingerprint density at radius 2 is 1.95 bits per heavy atom. The second-order valence-electron chi connectivity index (χ2n) is 4.11. The van der Waals surface area contributed by atoms with Gasteiger partial charge in [-0.2, -0.15) is 8.78 Å². The van der Waals surface area contributed by atoms with Gasteiger partial charge in [0.25, 0.3) is 0 Å². The molecule has 0 heterocycles. The predicted octanol–water partition coefficient (Wildman–Crippen LogP) is 5.46. The van der Waals surface area contributed by atoms with Gasteiger partial charge in [-0.25, -0.2) is 4.39 Å². The minimum absolute atomic E-state index is 0.0509. The van der Waals surface area contributed by atoms with Crippen molar-refractivity contribution < 1.29 is 17.9 Å². The highest BCUT2D eigenvalue weighted by Gasteiger charge is 2.09. The zero-order chi connectivity index (χ0) is 15.4. The van der Waals surface area contributed by atoms with E-state index in [1.165, 1.54) is 24.3 Å². The summed E-state index contributed by atoms with van der Waals surface area (Å²) in [5.41, 5.74) is 1.04. The third-order valence-electron chi connectivity index (χ3n) is 2.64. The van der Waals surface area contributed by atoms with Crippen molar-refractivity contribution in [2.24, 2.45) is 0 Å². The van der Waals surface area contributed by atoms with Crippen molar-refractivity contribution in [2.45, 2.75) is 13.2 Å². The third kappa shape index (κ3) is 4.54. The summed E-state index contributed by atoms with van der Waals surface area (Å²) in [7, 11) is 0. The lowest BCUT2D eigenvalue weighted by molar-refractivity contribution is -0.0497. The van der Waals surface area contributed by atoms with Crippen LogP contribution in [0.15, 0.2) is 40.9 Å². The molecule has 1 N–H and O–H groups in total. The summed E-state index contributed by atoms with van der Waals surface area (Å²) < 4.78 is 42.8. The van der Waals surface area contributed by atoms with Gasteiger partial charge in [-0.05, 0) is 36.4 Å². The molecule has 2 nitrogen and oxygen atoms in total. The molecule has 21 heavy (non-hydrogen) atoms. The number of alkyl halides is 2. The highest BCUT2D eigenvalue weighted by Crippen LogP contribution is 2.29. The SMILES string of the molecule is Fc1ccc(Br)cc1CNc1ccc(OC(F)F)c(Cl)c1. The Balaban J connectivity index is 2.07. The van der Waals surface area contributed by atoms with Crippen LogP contribution in [0.5, 0.6) is 5.75 Å². The van der Waals surface area contributed by atoms with Gasteiger partial charge in [-0.3, -0.25) is 0 Å². The molecule has 0 aromatic heterocycles. The molecule has 7 heteroatoms. The summed E-state index contributed by atoms with van der Waals surface area (Å²) in [5, 5.41) is 3.01. The molecular formula is C14H10BrClF3NO.